The van der Waals surface area contributed by atoms with Crippen molar-refractivity contribution in [2.24, 2.45) is 0 Å². The number of rotatable bonds is 8. The fraction of sp³-hybridized carbons (Fsp3) is 0.333. The minimum absolute atomic E-state index is 0.00848. The van der Waals surface area contributed by atoms with E-state index in [2.05, 4.69) is 9.68 Å². The Bertz CT molecular complexity index is 1160. The monoisotopic (exact) mass is 528 g/mol. The Morgan fingerprint density at radius 1 is 1.31 bits per heavy atom. The van der Waals surface area contributed by atoms with Gasteiger partial charge in [0.25, 0.3) is 17.4 Å². The molecule has 4 rings (SSSR count). The first-order valence-corrected chi connectivity index (χ1v) is 12.3. The highest BCUT2D eigenvalue weighted by molar-refractivity contribution is 7.61. The van der Waals surface area contributed by atoms with Crippen LogP contribution in [0.1, 0.15) is 12.0 Å². The molecule has 15 heteroatoms. The van der Waals surface area contributed by atoms with Gasteiger partial charge in [-0.2, -0.15) is 14.7 Å². The van der Waals surface area contributed by atoms with E-state index in [4.69, 9.17) is 9.47 Å². The van der Waals surface area contributed by atoms with Crippen LogP contribution in [0.15, 0.2) is 35.1 Å². The molecule has 0 radical (unpaired) electrons. The maximum absolute atomic E-state index is 15.0. The number of aldehydes is 1. The zero-order chi connectivity index (χ0) is 26.0. The Kier molecular flexibility index (Phi) is 7.31. The highest BCUT2D eigenvalue weighted by Gasteiger charge is 2.50. The molecular weight excluding hydrogens is 507 g/mol. The average molecular weight is 528 g/mol. The minimum atomic E-state index is -4.74. The van der Waals surface area contributed by atoms with E-state index in [1.54, 1.807) is 0 Å². The van der Waals surface area contributed by atoms with Crippen molar-refractivity contribution >= 4 is 37.5 Å². The van der Waals surface area contributed by atoms with Crippen molar-refractivity contribution in [1.82, 2.24) is 10.1 Å². The number of hydrogen-bond acceptors (Lipinski definition) is 10. The molecule has 36 heavy (non-hydrogen) atoms. The largest absolute Gasteiger partial charge is 0.471 e. The number of cyclic esters (lactones) is 1. The molecule has 2 amide bonds. The van der Waals surface area contributed by atoms with E-state index in [1.165, 1.54) is 18.4 Å². The average Bonchev–Trinajstić information content (AvgIpc) is 3.46. The topological polar surface area (TPSA) is 163 Å². The van der Waals surface area contributed by atoms with Crippen molar-refractivity contribution in [2.75, 3.05) is 31.1 Å². The van der Waals surface area contributed by atoms with Crippen LogP contribution in [-0.4, -0.2) is 81.0 Å². The molecule has 2 aromatic rings. The van der Waals surface area contributed by atoms with E-state index in [-0.39, 0.29) is 61.7 Å². The van der Waals surface area contributed by atoms with Crippen molar-refractivity contribution in [3.05, 3.63) is 47.7 Å². The summed E-state index contributed by atoms with van der Waals surface area (Å²) >= 11 is 0. The molecule has 0 unspecified atom stereocenters. The smallest absolute Gasteiger partial charge is 0.424 e. The fourth-order valence-corrected chi connectivity index (χ4v) is 4.49. The lowest BCUT2D eigenvalue weighted by Crippen LogP contribution is -2.43. The van der Waals surface area contributed by atoms with Gasteiger partial charge in [-0.3, -0.25) is 14.5 Å². The van der Waals surface area contributed by atoms with Crippen LogP contribution < -0.4 is 9.64 Å². The Morgan fingerprint density at radius 2 is 2.03 bits per heavy atom. The van der Waals surface area contributed by atoms with Gasteiger partial charge in [0.1, 0.15) is 24.5 Å². The van der Waals surface area contributed by atoms with Crippen LogP contribution in [-0.2, 0) is 14.3 Å². The van der Waals surface area contributed by atoms with Gasteiger partial charge < -0.3 is 18.9 Å². The summed E-state index contributed by atoms with van der Waals surface area (Å²) in [6.07, 6.45) is 1.09. The first-order chi connectivity index (χ1) is 17.1. The molecule has 2 atom stereocenters. The molecule has 1 saturated heterocycles. The van der Waals surface area contributed by atoms with Crippen LogP contribution in [0.2, 0.25) is 0 Å². The van der Waals surface area contributed by atoms with Crippen LogP contribution in [0.3, 0.4) is 0 Å². The van der Waals surface area contributed by atoms with Gasteiger partial charge >= 0.3 is 14.0 Å². The molecule has 192 valence electrons. The molecule has 2 aliphatic heterocycles. The summed E-state index contributed by atoms with van der Waals surface area (Å²) < 4.78 is 45.1. The molecule has 0 saturated carbocycles. The van der Waals surface area contributed by atoms with Gasteiger partial charge in [0.2, 0.25) is 0 Å². The number of carbonyl (C=O) groups is 3. The summed E-state index contributed by atoms with van der Waals surface area (Å²) in [6.45, 7) is -0.319. The number of benzene rings is 1. The number of hydrogen-bond donors (Lipinski definition) is 3. The highest BCUT2D eigenvalue weighted by Crippen LogP contribution is 2.50. The number of anilines is 1. The highest BCUT2D eigenvalue weighted by atomic mass is 31.2. The predicted octanol–water partition coefficient (Wildman–Crippen LogP) is 1.28. The molecule has 12 nitrogen and oxygen atoms in total. The molecule has 1 aromatic heterocycles. The van der Waals surface area contributed by atoms with E-state index < -0.39 is 43.3 Å². The van der Waals surface area contributed by atoms with Crippen LogP contribution in [0.4, 0.5) is 19.3 Å². The quantitative estimate of drug-likeness (QED) is 0.258. The fourth-order valence-electron chi connectivity index (χ4n) is 3.87. The second-order valence-electron chi connectivity index (χ2n) is 8.01. The van der Waals surface area contributed by atoms with Crippen LogP contribution in [0, 0.1) is 11.6 Å². The van der Waals surface area contributed by atoms with E-state index in [0.717, 1.165) is 21.9 Å². The normalized spacial score (nSPS) is 19.1. The van der Waals surface area contributed by atoms with Gasteiger partial charge in [0.15, 0.2) is 12.4 Å². The number of nitrogens with zero attached hydrogens (tertiary/aromatic N) is 3. The Morgan fingerprint density at radius 3 is 2.58 bits per heavy atom. The lowest BCUT2D eigenvalue weighted by molar-refractivity contribution is -0.132. The zero-order valence-electron chi connectivity index (χ0n) is 18.5. The van der Waals surface area contributed by atoms with E-state index in [9.17, 15) is 37.8 Å². The number of amides is 2. The molecule has 0 bridgehead atoms. The van der Waals surface area contributed by atoms with Crippen LogP contribution >= 0.6 is 7.94 Å². The summed E-state index contributed by atoms with van der Waals surface area (Å²) in [6, 6.07) is 3.45. The lowest BCUT2D eigenvalue weighted by Gasteiger charge is -2.28. The minimum Gasteiger partial charge on any atom is -0.471 e. The Balaban J connectivity index is 1.45. The number of carbonyl (C=O) groups excluding carboxylic acids is 3. The molecule has 0 spiro atoms. The van der Waals surface area contributed by atoms with Crippen molar-refractivity contribution in [3.63, 3.8) is 0 Å². The predicted molar refractivity (Wildman–Crippen MR) is 119 cm³/mol. The second-order valence-corrected chi connectivity index (χ2v) is 9.79. The first-order valence-electron chi connectivity index (χ1n) is 10.6. The number of ether oxygens (including phenoxy) is 2. The third kappa shape index (κ3) is 5.36. The third-order valence-corrected chi connectivity index (χ3v) is 6.73. The number of aromatic nitrogens is 1. The second kappa shape index (κ2) is 10.3. The molecule has 1 fully saturated rings. The molecule has 1 aromatic carbocycles. The third-order valence-electron chi connectivity index (χ3n) is 5.64. The molecule has 2 aliphatic rings. The molecule has 3 heterocycles. The summed E-state index contributed by atoms with van der Waals surface area (Å²) in [7, 11) is -4.74. The van der Waals surface area contributed by atoms with Crippen molar-refractivity contribution in [3.8, 4) is 5.88 Å². The summed E-state index contributed by atoms with van der Waals surface area (Å²) in [4.78, 5) is 65.6. The first kappa shape index (κ1) is 25.6. The lowest BCUT2D eigenvalue weighted by atomic mass is 9.97. The van der Waals surface area contributed by atoms with Crippen molar-refractivity contribution in [2.45, 2.75) is 18.2 Å². The zero-order valence-corrected chi connectivity index (χ0v) is 19.4. The van der Waals surface area contributed by atoms with Crippen molar-refractivity contribution < 1.29 is 51.8 Å². The van der Waals surface area contributed by atoms with Crippen LogP contribution in [0.5, 0.6) is 5.88 Å². The van der Waals surface area contributed by atoms with Gasteiger partial charge in [-0.1, -0.05) is 6.08 Å². The number of halogens is 2. The molecular formula is C21H21F2N3O9P+. The van der Waals surface area contributed by atoms with Gasteiger partial charge in [0.05, 0.1) is 12.2 Å². The van der Waals surface area contributed by atoms with Crippen molar-refractivity contribution in [1.29, 1.82) is 0 Å². The standard InChI is InChI=1S/C21H21F2N3O9P/c22-15-7-13(26-9-14(35-21(26)29)11-33-18-3-6-34-24-18)8-16(23)19(15)12-1-4-25(5-2-12)20(28)17(10-27)36(30,31)32/h1,3,6-8,10,14,17,30-32H,2,4-5,9,11H2/q+1/t14-,17+/m1/s1. The Labute approximate surface area is 202 Å². The van der Waals surface area contributed by atoms with Gasteiger partial charge in [-0.15, -0.1) is 0 Å². The van der Waals surface area contributed by atoms with E-state index >= 15 is 0 Å². The molecule has 0 aliphatic carbocycles. The van der Waals surface area contributed by atoms with Gasteiger partial charge in [-0.05, 0) is 29.3 Å². The summed E-state index contributed by atoms with van der Waals surface area (Å²) in [5.41, 5.74) is -2.18. The molecule has 3 N–H and O–H groups in total. The van der Waals surface area contributed by atoms with Gasteiger partial charge in [-0.25, -0.2) is 13.6 Å². The summed E-state index contributed by atoms with van der Waals surface area (Å²) in [5, 5.41) is 3.56. The maximum atomic E-state index is 15.0. The van der Waals surface area contributed by atoms with E-state index in [0.29, 0.717) is 0 Å². The SMILES string of the molecule is O=C[C@@H](C(=O)N1CC=C(c2c(F)cc(N3C[C@H](COc4ccon4)OC3=O)cc2F)CC1)[P+](O)(O)O. The van der Waals surface area contributed by atoms with Gasteiger partial charge in [0, 0.05) is 24.7 Å². The summed E-state index contributed by atoms with van der Waals surface area (Å²) in [5.74, 6) is -2.70. The Hall–Kier alpha value is -3.45. The van der Waals surface area contributed by atoms with Crippen LogP contribution in [0.25, 0.3) is 5.57 Å². The van der Waals surface area contributed by atoms with E-state index in [1.807, 2.05) is 0 Å². The maximum Gasteiger partial charge on any atom is 0.424 e.